The molecule has 8 heteroatoms. The molecule has 0 aromatic rings. The molecule has 22 heavy (non-hydrogen) atoms. The van der Waals surface area contributed by atoms with Crippen LogP contribution in [-0.4, -0.2) is 55.7 Å². The van der Waals surface area contributed by atoms with Gasteiger partial charge in [-0.2, -0.15) is 0 Å². The number of rotatable bonds is 4. The molecule has 0 N–H and O–H groups in total. The van der Waals surface area contributed by atoms with Crippen molar-refractivity contribution in [3.8, 4) is 12.3 Å². The van der Waals surface area contributed by atoms with Gasteiger partial charge in [0.15, 0.2) is 30.7 Å². The largest absolute Gasteiger partial charge is 0.455 e. The summed E-state index contributed by atoms with van der Waals surface area (Å²) in [7, 11) is 1.31. The minimum absolute atomic E-state index is 0.645. The normalized spacial score (nSPS) is 30.8. The van der Waals surface area contributed by atoms with E-state index in [1.807, 2.05) is 0 Å². The first-order valence-electron chi connectivity index (χ1n) is 6.46. The van der Waals surface area contributed by atoms with Crippen molar-refractivity contribution < 1.29 is 38.1 Å². The Morgan fingerprint density at radius 3 is 1.77 bits per heavy atom. The van der Waals surface area contributed by atoms with Gasteiger partial charge in [0.2, 0.25) is 0 Å². The van der Waals surface area contributed by atoms with E-state index in [2.05, 4.69) is 5.92 Å². The Balaban J connectivity index is 3.18. The highest BCUT2D eigenvalue weighted by Gasteiger charge is 2.51. The molecular formula is C14H18O8. The first-order valence-corrected chi connectivity index (χ1v) is 6.46. The van der Waals surface area contributed by atoms with Crippen LogP contribution in [0.1, 0.15) is 20.8 Å². The first kappa shape index (κ1) is 17.9. The molecule has 0 saturated carbocycles. The quantitative estimate of drug-likeness (QED) is 0.399. The van der Waals surface area contributed by atoms with Crippen LogP contribution in [0.3, 0.4) is 0 Å². The van der Waals surface area contributed by atoms with Gasteiger partial charge < -0.3 is 23.7 Å². The number of carbonyl (C=O) groups excluding carboxylic acids is 3. The lowest BCUT2D eigenvalue weighted by atomic mass is 9.98. The van der Waals surface area contributed by atoms with E-state index < -0.39 is 48.6 Å². The van der Waals surface area contributed by atoms with E-state index >= 15 is 0 Å². The molecule has 0 spiro atoms. The predicted molar refractivity (Wildman–Crippen MR) is 71.2 cm³/mol. The fourth-order valence-corrected chi connectivity index (χ4v) is 2.10. The van der Waals surface area contributed by atoms with E-state index in [1.165, 1.54) is 21.0 Å². The molecule has 1 rings (SSSR count). The molecule has 8 nitrogen and oxygen atoms in total. The Morgan fingerprint density at radius 2 is 1.36 bits per heavy atom. The van der Waals surface area contributed by atoms with Crippen molar-refractivity contribution in [3.63, 3.8) is 0 Å². The van der Waals surface area contributed by atoms with Crippen molar-refractivity contribution in [2.45, 2.75) is 51.5 Å². The number of ether oxygens (including phenoxy) is 5. The van der Waals surface area contributed by atoms with Crippen molar-refractivity contribution in [1.29, 1.82) is 0 Å². The van der Waals surface area contributed by atoms with Crippen molar-refractivity contribution in [1.82, 2.24) is 0 Å². The van der Waals surface area contributed by atoms with Crippen LogP contribution in [0.4, 0.5) is 0 Å². The Morgan fingerprint density at radius 1 is 0.909 bits per heavy atom. The summed E-state index contributed by atoms with van der Waals surface area (Å²) in [5, 5.41) is 0. The van der Waals surface area contributed by atoms with Crippen LogP contribution >= 0.6 is 0 Å². The van der Waals surface area contributed by atoms with Crippen LogP contribution in [0.25, 0.3) is 0 Å². The Kier molecular flexibility index (Phi) is 6.34. The molecule has 0 aromatic heterocycles. The number of methoxy groups -OCH3 is 1. The second-order valence-corrected chi connectivity index (χ2v) is 4.55. The zero-order valence-electron chi connectivity index (χ0n) is 12.7. The number of esters is 3. The molecule has 5 atom stereocenters. The van der Waals surface area contributed by atoms with Gasteiger partial charge in [-0.05, 0) is 0 Å². The van der Waals surface area contributed by atoms with Gasteiger partial charge >= 0.3 is 17.9 Å². The number of hydrogen-bond acceptors (Lipinski definition) is 8. The number of hydrogen-bond donors (Lipinski definition) is 0. The highest BCUT2D eigenvalue weighted by molar-refractivity contribution is 5.68. The van der Waals surface area contributed by atoms with Gasteiger partial charge in [0.05, 0.1) is 0 Å². The van der Waals surface area contributed by atoms with Crippen molar-refractivity contribution >= 4 is 17.9 Å². The third-order valence-corrected chi connectivity index (χ3v) is 2.80. The second-order valence-electron chi connectivity index (χ2n) is 4.55. The Hall–Kier alpha value is -2.11. The standard InChI is InChI=1S/C14H18O8/c1-6-10-11(19-7(2)15)12(20-8(3)16)13(21-9(4)17)14(18-5)22-10/h1,10-14H,2-5H3/t10-,11+,12+,13-,14?/m0/s1. The second kappa shape index (κ2) is 7.77. The maximum atomic E-state index is 11.3. The summed E-state index contributed by atoms with van der Waals surface area (Å²) < 4.78 is 25.8. The van der Waals surface area contributed by atoms with E-state index in [0.717, 1.165) is 6.92 Å². The highest BCUT2D eigenvalue weighted by atomic mass is 16.7. The molecule has 0 bridgehead atoms. The molecule has 0 aliphatic carbocycles. The maximum Gasteiger partial charge on any atom is 0.303 e. The molecule has 0 amide bonds. The van der Waals surface area contributed by atoms with E-state index in [1.54, 1.807) is 0 Å². The zero-order valence-corrected chi connectivity index (χ0v) is 12.7. The van der Waals surface area contributed by atoms with E-state index in [4.69, 9.17) is 30.1 Å². The van der Waals surface area contributed by atoms with Crippen LogP contribution in [0.2, 0.25) is 0 Å². The minimum atomic E-state index is -1.15. The maximum absolute atomic E-state index is 11.3. The van der Waals surface area contributed by atoms with Crippen LogP contribution in [0.5, 0.6) is 0 Å². The fraction of sp³-hybridized carbons (Fsp3) is 0.643. The smallest absolute Gasteiger partial charge is 0.303 e. The predicted octanol–water partition coefficient (Wildman–Crippen LogP) is -0.214. The van der Waals surface area contributed by atoms with Crippen LogP contribution in [-0.2, 0) is 38.1 Å². The topological polar surface area (TPSA) is 97.4 Å². The fourth-order valence-electron chi connectivity index (χ4n) is 2.10. The summed E-state index contributed by atoms with van der Waals surface area (Å²) in [6, 6.07) is 0. The van der Waals surface area contributed by atoms with E-state index in [9.17, 15) is 14.4 Å². The van der Waals surface area contributed by atoms with Crippen LogP contribution < -0.4 is 0 Å². The summed E-state index contributed by atoms with van der Waals surface area (Å²) in [5.74, 6) is 0.335. The molecule has 1 saturated heterocycles. The van der Waals surface area contributed by atoms with Crippen molar-refractivity contribution in [2.24, 2.45) is 0 Å². The summed E-state index contributed by atoms with van der Waals surface area (Å²) in [6.07, 6.45) is -0.131. The molecule has 122 valence electrons. The molecule has 0 radical (unpaired) electrons. The summed E-state index contributed by atoms with van der Waals surface area (Å²) >= 11 is 0. The molecule has 1 aliphatic rings. The van der Waals surface area contributed by atoms with Crippen LogP contribution in [0.15, 0.2) is 0 Å². The van der Waals surface area contributed by atoms with Gasteiger partial charge in [-0.25, -0.2) is 0 Å². The lowest BCUT2D eigenvalue weighted by molar-refractivity contribution is -0.287. The van der Waals surface area contributed by atoms with Gasteiger partial charge in [0.1, 0.15) is 0 Å². The van der Waals surface area contributed by atoms with E-state index in [-0.39, 0.29) is 0 Å². The third kappa shape index (κ3) is 4.44. The van der Waals surface area contributed by atoms with Crippen LogP contribution in [0, 0.1) is 12.3 Å². The van der Waals surface area contributed by atoms with Gasteiger partial charge in [0.25, 0.3) is 0 Å². The van der Waals surface area contributed by atoms with Crippen molar-refractivity contribution in [2.75, 3.05) is 7.11 Å². The SMILES string of the molecule is C#C[C@@H]1OC(OC)[C@@H](OC(C)=O)[C@H](OC(C)=O)[C@@H]1OC(C)=O. The molecule has 1 heterocycles. The van der Waals surface area contributed by atoms with Gasteiger partial charge in [-0.15, -0.1) is 6.42 Å². The Bertz CT molecular complexity index is 480. The average molecular weight is 314 g/mol. The lowest BCUT2D eigenvalue weighted by Gasteiger charge is -2.42. The van der Waals surface area contributed by atoms with Gasteiger partial charge in [-0.3, -0.25) is 14.4 Å². The molecule has 1 fully saturated rings. The molecular weight excluding hydrogens is 296 g/mol. The van der Waals surface area contributed by atoms with Crippen molar-refractivity contribution in [3.05, 3.63) is 0 Å². The summed E-state index contributed by atoms with van der Waals surface area (Å²) in [6.45, 7) is 3.51. The van der Waals surface area contributed by atoms with E-state index in [0.29, 0.717) is 0 Å². The minimum Gasteiger partial charge on any atom is -0.455 e. The Labute approximate surface area is 128 Å². The summed E-state index contributed by atoms with van der Waals surface area (Å²) in [4.78, 5) is 33.8. The molecule has 0 aromatic carbocycles. The number of carbonyl (C=O) groups is 3. The zero-order chi connectivity index (χ0) is 16.9. The molecule has 1 unspecified atom stereocenters. The first-order chi connectivity index (χ1) is 10.3. The summed E-state index contributed by atoms with van der Waals surface area (Å²) in [5.41, 5.74) is 0. The van der Waals surface area contributed by atoms with Gasteiger partial charge in [-0.1, -0.05) is 5.92 Å². The lowest BCUT2D eigenvalue weighted by Crippen LogP contribution is -2.61. The van der Waals surface area contributed by atoms with Gasteiger partial charge in [0, 0.05) is 27.9 Å². The third-order valence-electron chi connectivity index (χ3n) is 2.80. The molecule has 1 aliphatic heterocycles. The average Bonchev–Trinajstić information content (AvgIpc) is 2.41. The monoisotopic (exact) mass is 314 g/mol. The number of terminal acetylenes is 1. The highest BCUT2D eigenvalue weighted by Crippen LogP contribution is 2.28.